The second-order valence-electron chi connectivity index (χ2n) is 5.75. The number of halogens is 1. The Kier molecular flexibility index (Phi) is 5.96. The van der Waals surface area contributed by atoms with Crippen molar-refractivity contribution >= 4 is 39.9 Å². The molecule has 2 rings (SSSR count). The minimum Gasteiger partial charge on any atom is -0.327 e. The molecule has 7 heteroatoms. The summed E-state index contributed by atoms with van der Waals surface area (Å²) in [4.78, 5) is 31.8. The number of hydrogen-bond donors (Lipinski definition) is 1. The second kappa shape index (κ2) is 7.77. The normalized spacial score (nSPS) is 10.8. The van der Waals surface area contributed by atoms with E-state index in [0.29, 0.717) is 15.7 Å². The molecule has 0 saturated carbocycles. The lowest BCUT2D eigenvalue weighted by molar-refractivity contribution is -0.117. The van der Waals surface area contributed by atoms with Gasteiger partial charge < -0.3 is 10.2 Å². The van der Waals surface area contributed by atoms with Gasteiger partial charge in [-0.25, -0.2) is 4.98 Å². The predicted octanol–water partition coefficient (Wildman–Crippen LogP) is 3.90. The summed E-state index contributed by atoms with van der Waals surface area (Å²) in [5, 5.41) is 3.79. The van der Waals surface area contributed by atoms with Gasteiger partial charge in [-0.05, 0) is 45.9 Å². The Morgan fingerprint density at radius 2 is 2.04 bits per heavy atom. The minimum atomic E-state index is -0.271. The number of amides is 2. The van der Waals surface area contributed by atoms with Gasteiger partial charge in [0.1, 0.15) is 6.54 Å². The average Bonchev–Trinajstić information content (AvgIpc) is 2.81. The van der Waals surface area contributed by atoms with Gasteiger partial charge >= 0.3 is 0 Å². The third-order valence-electron chi connectivity index (χ3n) is 3.54. The number of hydrogen-bond acceptors (Lipinski definition) is 4. The molecule has 128 valence electrons. The van der Waals surface area contributed by atoms with Gasteiger partial charge in [-0.1, -0.05) is 17.7 Å². The Hall–Kier alpha value is -1.92. The van der Waals surface area contributed by atoms with Crippen LogP contribution in [-0.2, 0) is 4.79 Å². The van der Waals surface area contributed by atoms with Crippen molar-refractivity contribution in [3.8, 4) is 0 Å². The van der Waals surface area contributed by atoms with Gasteiger partial charge in [0.15, 0.2) is 5.13 Å². The first-order valence-corrected chi connectivity index (χ1v) is 8.77. The minimum absolute atomic E-state index is 0.0410. The van der Waals surface area contributed by atoms with Crippen molar-refractivity contribution < 1.29 is 9.59 Å². The van der Waals surface area contributed by atoms with Crippen LogP contribution < -0.4 is 5.32 Å². The Labute approximate surface area is 150 Å². The zero-order valence-electron chi connectivity index (χ0n) is 14.1. The second-order valence-corrected chi connectivity index (χ2v) is 7.39. The van der Waals surface area contributed by atoms with Crippen molar-refractivity contribution in [3.05, 3.63) is 45.4 Å². The molecular formula is C17H20ClN3O2S. The maximum absolute atomic E-state index is 12.7. The number of aromatic nitrogens is 1. The third kappa shape index (κ3) is 4.55. The molecule has 0 atom stereocenters. The summed E-state index contributed by atoms with van der Waals surface area (Å²) in [7, 11) is 0. The Morgan fingerprint density at radius 3 is 2.58 bits per heavy atom. The fraction of sp³-hybridized carbons (Fsp3) is 0.353. The number of carbonyl (C=O) groups excluding carboxylic acids is 2. The standard InChI is InChI=1S/C17H20ClN3O2S/c1-10(2)21(16(23)13-6-5-7-14(18)8-13)9-15(22)20-17-19-11(3)12(4)24-17/h5-8,10H,9H2,1-4H3,(H,19,20,22). The lowest BCUT2D eigenvalue weighted by Crippen LogP contribution is -2.42. The number of nitrogens with one attached hydrogen (secondary N) is 1. The molecule has 0 unspecified atom stereocenters. The summed E-state index contributed by atoms with van der Waals surface area (Å²) in [6.07, 6.45) is 0. The molecular weight excluding hydrogens is 346 g/mol. The van der Waals surface area contributed by atoms with E-state index in [4.69, 9.17) is 11.6 Å². The summed E-state index contributed by atoms with van der Waals surface area (Å²) in [5.41, 5.74) is 1.36. The number of rotatable bonds is 5. The number of anilines is 1. The smallest absolute Gasteiger partial charge is 0.254 e. The first kappa shape index (κ1) is 18.4. The zero-order chi connectivity index (χ0) is 17.9. The number of benzene rings is 1. The van der Waals surface area contributed by atoms with Crippen molar-refractivity contribution in [2.24, 2.45) is 0 Å². The number of carbonyl (C=O) groups is 2. The molecule has 1 aromatic heterocycles. The summed E-state index contributed by atoms with van der Waals surface area (Å²) < 4.78 is 0. The average molecular weight is 366 g/mol. The van der Waals surface area contributed by atoms with E-state index in [9.17, 15) is 9.59 Å². The van der Waals surface area contributed by atoms with E-state index in [-0.39, 0.29) is 24.4 Å². The van der Waals surface area contributed by atoms with Crippen LogP contribution in [0.5, 0.6) is 0 Å². The van der Waals surface area contributed by atoms with Gasteiger partial charge in [-0.3, -0.25) is 9.59 Å². The van der Waals surface area contributed by atoms with Gasteiger partial charge in [-0.2, -0.15) is 0 Å². The van der Waals surface area contributed by atoms with Crippen molar-refractivity contribution in [1.82, 2.24) is 9.88 Å². The van der Waals surface area contributed by atoms with E-state index in [2.05, 4.69) is 10.3 Å². The van der Waals surface area contributed by atoms with Crippen LogP contribution in [0.4, 0.5) is 5.13 Å². The van der Waals surface area contributed by atoms with E-state index in [1.807, 2.05) is 27.7 Å². The van der Waals surface area contributed by atoms with Crippen LogP contribution in [0.15, 0.2) is 24.3 Å². The molecule has 0 aliphatic carbocycles. The Morgan fingerprint density at radius 1 is 1.33 bits per heavy atom. The Balaban J connectivity index is 2.10. The summed E-state index contributed by atoms with van der Waals surface area (Å²) >= 11 is 7.37. The molecule has 0 aliphatic rings. The summed E-state index contributed by atoms with van der Waals surface area (Å²) in [5.74, 6) is -0.498. The van der Waals surface area contributed by atoms with Crippen molar-refractivity contribution in [1.29, 1.82) is 0 Å². The molecule has 1 aromatic carbocycles. The molecule has 2 aromatic rings. The monoisotopic (exact) mass is 365 g/mol. The zero-order valence-corrected chi connectivity index (χ0v) is 15.7. The van der Waals surface area contributed by atoms with E-state index in [0.717, 1.165) is 10.6 Å². The number of aryl methyl sites for hydroxylation is 2. The summed E-state index contributed by atoms with van der Waals surface area (Å²) in [6, 6.07) is 6.59. The van der Waals surface area contributed by atoms with Crippen molar-refractivity contribution in [2.75, 3.05) is 11.9 Å². The maximum Gasteiger partial charge on any atom is 0.254 e. The van der Waals surface area contributed by atoms with E-state index in [1.165, 1.54) is 16.2 Å². The van der Waals surface area contributed by atoms with Crippen LogP contribution in [-0.4, -0.2) is 34.3 Å². The van der Waals surface area contributed by atoms with E-state index >= 15 is 0 Å². The lowest BCUT2D eigenvalue weighted by Gasteiger charge is -2.26. The molecule has 0 spiro atoms. The molecule has 5 nitrogen and oxygen atoms in total. The van der Waals surface area contributed by atoms with Gasteiger partial charge in [-0.15, -0.1) is 11.3 Å². The third-order valence-corrected chi connectivity index (χ3v) is 4.77. The topological polar surface area (TPSA) is 62.3 Å². The van der Waals surface area contributed by atoms with Crippen molar-refractivity contribution in [3.63, 3.8) is 0 Å². The molecule has 1 N–H and O–H groups in total. The van der Waals surface area contributed by atoms with Gasteiger partial charge in [0.2, 0.25) is 5.91 Å². The maximum atomic E-state index is 12.7. The fourth-order valence-electron chi connectivity index (χ4n) is 2.12. The SMILES string of the molecule is Cc1nc(NC(=O)CN(C(=O)c2cccc(Cl)c2)C(C)C)sc1C. The quantitative estimate of drug-likeness (QED) is 0.873. The van der Waals surface area contributed by atoms with E-state index in [1.54, 1.807) is 24.3 Å². The molecule has 2 amide bonds. The Bertz CT molecular complexity index is 739. The van der Waals surface area contributed by atoms with Crippen LogP contribution in [0.1, 0.15) is 34.8 Å². The van der Waals surface area contributed by atoms with Gasteiger partial charge in [0, 0.05) is 21.5 Å². The predicted molar refractivity (Wildman–Crippen MR) is 97.8 cm³/mol. The number of nitrogens with zero attached hydrogens (tertiary/aromatic N) is 2. The largest absolute Gasteiger partial charge is 0.327 e. The molecule has 0 fully saturated rings. The first-order chi connectivity index (χ1) is 11.3. The van der Waals surface area contributed by atoms with Crippen LogP contribution in [0.2, 0.25) is 5.02 Å². The molecule has 0 radical (unpaired) electrons. The van der Waals surface area contributed by atoms with Crippen LogP contribution in [0.25, 0.3) is 0 Å². The number of thiazole rings is 1. The van der Waals surface area contributed by atoms with E-state index < -0.39 is 0 Å². The molecule has 0 saturated heterocycles. The molecule has 0 bridgehead atoms. The highest BCUT2D eigenvalue weighted by molar-refractivity contribution is 7.15. The fourth-order valence-corrected chi connectivity index (χ4v) is 3.14. The summed E-state index contributed by atoms with van der Waals surface area (Å²) in [6.45, 7) is 7.54. The van der Waals surface area contributed by atoms with Crippen molar-refractivity contribution in [2.45, 2.75) is 33.7 Å². The lowest BCUT2D eigenvalue weighted by atomic mass is 10.1. The van der Waals surface area contributed by atoms with Gasteiger partial charge in [0.05, 0.1) is 5.69 Å². The molecule has 24 heavy (non-hydrogen) atoms. The first-order valence-electron chi connectivity index (χ1n) is 7.58. The van der Waals surface area contributed by atoms with Crippen LogP contribution >= 0.6 is 22.9 Å². The van der Waals surface area contributed by atoms with Crippen LogP contribution in [0, 0.1) is 13.8 Å². The highest BCUT2D eigenvalue weighted by atomic mass is 35.5. The molecule has 1 heterocycles. The molecule has 0 aliphatic heterocycles. The van der Waals surface area contributed by atoms with Crippen LogP contribution in [0.3, 0.4) is 0 Å². The highest BCUT2D eigenvalue weighted by Gasteiger charge is 2.22. The van der Waals surface area contributed by atoms with Gasteiger partial charge in [0.25, 0.3) is 5.91 Å². The highest BCUT2D eigenvalue weighted by Crippen LogP contribution is 2.21.